The summed E-state index contributed by atoms with van der Waals surface area (Å²) in [6.07, 6.45) is 1.81. The first-order valence-electron chi connectivity index (χ1n) is 5.60. The first-order chi connectivity index (χ1) is 9.16. The zero-order valence-electron chi connectivity index (χ0n) is 9.82. The molecule has 0 saturated carbocycles. The third-order valence-corrected chi connectivity index (χ3v) is 2.85. The van der Waals surface area contributed by atoms with Crippen molar-refractivity contribution in [2.24, 2.45) is 0 Å². The molecule has 0 bridgehead atoms. The van der Waals surface area contributed by atoms with E-state index in [1.54, 1.807) is 28.7 Å². The Bertz CT molecular complexity index is 762. The number of aromatic carboxylic acids is 1. The second-order valence-corrected chi connectivity index (χ2v) is 4.06. The molecular formula is C13H10N4O2. The average Bonchev–Trinajstić information content (AvgIpc) is 2.84. The van der Waals surface area contributed by atoms with Crippen LogP contribution in [0.4, 0.5) is 5.69 Å². The summed E-state index contributed by atoms with van der Waals surface area (Å²) < 4.78 is 1.77. The van der Waals surface area contributed by atoms with Gasteiger partial charge in [-0.25, -0.2) is 4.79 Å². The molecule has 1 aromatic carbocycles. The second-order valence-electron chi connectivity index (χ2n) is 4.06. The van der Waals surface area contributed by atoms with E-state index in [1.165, 1.54) is 12.1 Å². The quantitative estimate of drug-likeness (QED) is 0.725. The molecule has 0 aliphatic carbocycles. The van der Waals surface area contributed by atoms with Gasteiger partial charge in [-0.1, -0.05) is 12.1 Å². The Morgan fingerprint density at radius 3 is 2.58 bits per heavy atom. The number of rotatable bonds is 2. The Morgan fingerprint density at radius 2 is 1.89 bits per heavy atom. The van der Waals surface area contributed by atoms with Crippen LogP contribution in [0.1, 0.15) is 10.4 Å². The highest BCUT2D eigenvalue weighted by Gasteiger charge is 2.10. The van der Waals surface area contributed by atoms with Gasteiger partial charge in [0.2, 0.25) is 0 Å². The molecule has 0 unspecified atom stereocenters. The molecule has 0 amide bonds. The number of pyridine rings is 1. The Hall–Kier alpha value is -2.89. The third-order valence-electron chi connectivity index (χ3n) is 2.85. The fourth-order valence-electron chi connectivity index (χ4n) is 1.90. The van der Waals surface area contributed by atoms with Gasteiger partial charge in [0.1, 0.15) is 0 Å². The van der Waals surface area contributed by atoms with Crippen LogP contribution in [0.2, 0.25) is 0 Å². The highest BCUT2D eigenvalue weighted by atomic mass is 16.4. The Kier molecular flexibility index (Phi) is 2.42. The Labute approximate surface area is 108 Å². The molecule has 0 aliphatic rings. The van der Waals surface area contributed by atoms with Crippen molar-refractivity contribution in [2.45, 2.75) is 0 Å². The smallest absolute Gasteiger partial charge is 0.335 e. The van der Waals surface area contributed by atoms with Crippen LogP contribution in [0, 0.1) is 0 Å². The molecule has 0 saturated heterocycles. The molecule has 2 aromatic heterocycles. The van der Waals surface area contributed by atoms with Gasteiger partial charge >= 0.3 is 5.97 Å². The molecule has 0 fully saturated rings. The zero-order chi connectivity index (χ0) is 13.4. The van der Waals surface area contributed by atoms with Crippen LogP contribution in [0.5, 0.6) is 0 Å². The number of nitrogens with two attached hydrogens (primary N) is 1. The van der Waals surface area contributed by atoms with E-state index in [9.17, 15) is 4.79 Å². The van der Waals surface area contributed by atoms with Gasteiger partial charge in [-0.3, -0.25) is 4.40 Å². The van der Waals surface area contributed by atoms with E-state index in [0.29, 0.717) is 17.2 Å². The maximum Gasteiger partial charge on any atom is 0.335 e. The van der Waals surface area contributed by atoms with Crippen molar-refractivity contribution < 1.29 is 9.90 Å². The van der Waals surface area contributed by atoms with Crippen molar-refractivity contribution in [1.82, 2.24) is 14.6 Å². The van der Waals surface area contributed by atoms with E-state index < -0.39 is 5.97 Å². The fourth-order valence-corrected chi connectivity index (χ4v) is 1.90. The number of nitrogen functional groups attached to an aromatic ring is 1. The molecule has 0 aliphatic heterocycles. The highest BCUT2D eigenvalue weighted by molar-refractivity contribution is 5.88. The predicted octanol–water partition coefficient (Wildman–Crippen LogP) is 1.68. The van der Waals surface area contributed by atoms with Crippen molar-refractivity contribution in [1.29, 1.82) is 0 Å². The van der Waals surface area contributed by atoms with E-state index in [-0.39, 0.29) is 5.56 Å². The third kappa shape index (κ3) is 1.79. The number of nitrogens with zero attached hydrogens (tertiary/aromatic N) is 3. The number of carboxylic acid groups (broad SMARTS) is 1. The maximum absolute atomic E-state index is 10.8. The number of anilines is 1. The van der Waals surface area contributed by atoms with Crippen molar-refractivity contribution in [2.75, 3.05) is 5.73 Å². The summed E-state index contributed by atoms with van der Waals surface area (Å²) in [5, 5.41) is 17.0. The van der Waals surface area contributed by atoms with Crippen LogP contribution in [0.15, 0.2) is 42.6 Å². The molecule has 0 atom stereocenters. The summed E-state index contributed by atoms with van der Waals surface area (Å²) in [6, 6.07) is 10.0. The largest absolute Gasteiger partial charge is 0.478 e. The lowest BCUT2D eigenvalue weighted by Gasteiger charge is -2.01. The number of hydrogen-bond acceptors (Lipinski definition) is 4. The molecule has 6 heteroatoms. The van der Waals surface area contributed by atoms with E-state index >= 15 is 0 Å². The number of aromatic nitrogens is 3. The van der Waals surface area contributed by atoms with Crippen molar-refractivity contribution in [3.63, 3.8) is 0 Å². The van der Waals surface area contributed by atoms with Crippen LogP contribution in [0.3, 0.4) is 0 Å². The normalized spacial score (nSPS) is 10.7. The topological polar surface area (TPSA) is 93.5 Å². The van der Waals surface area contributed by atoms with Crippen molar-refractivity contribution in [3.8, 4) is 11.4 Å². The molecule has 19 heavy (non-hydrogen) atoms. The number of hydrogen-bond donors (Lipinski definition) is 2. The van der Waals surface area contributed by atoms with Gasteiger partial charge in [-0.15, -0.1) is 10.2 Å². The minimum Gasteiger partial charge on any atom is -0.478 e. The van der Waals surface area contributed by atoms with E-state index in [1.807, 2.05) is 6.20 Å². The number of benzene rings is 1. The molecule has 0 spiro atoms. The first-order valence-corrected chi connectivity index (χ1v) is 5.60. The molecule has 0 radical (unpaired) electrons. The monoisotopic (exact) mass is 254 g/mol. The molecule has 3 aromatic rings. The molecule has 3 rings (SSSR count). The number of fused-ring (bicyclic) bond motifs is 1. The van der Waals surface area contributed by atoms with Crippen LogP contribution >= 0.6 is 0 Å². The summed E-state index contributed by atoms with van der Waals surface area (Å²) >= 11 is 0. The lowest BCUT2D eigenvalue weighted by atomic mass is 10.1. The van der Waals surface area contributed by atoms with Gasteiger partial charge in [-0.05, 0) is 24.3 Å². The molecule has 2 heterocycles. The first kappa shape index (κ1) is 11.2. The van der Waals surface area contributed by atoms with Gasteiger partial charge in [0, 0.05) is 11.8 Å². The van der Waals surface area contributed by atoms with Gasteiger partial charge in [0.25, 0.3) is 0 Å². The second kappa shape index (κ2) is 4.09. The minimum atomic E-state index is -0.957. The Morgan fingerprint density at radius 1 is 1.16 bits per heavy atom. The predicted molar refractivity (Wildman–Crippen MR) is 69.8 cm³/mol. The summed E-state index contributed by atoms with van der Waals surface area (Å²) in [7, 11) is 0. The van der Waals surface area contributed by atoms with Crippen molar-refractivity contribution >= 4 is 17.3 Å². The SMILES string of the molecule is Nc1cccn2c(-c3ccc(C(=O)O)cc3)nnc12. The summed E-state index contributed by atoms with van der Waals surface area (Å²) in [4.78, 5) is 10.8. The lowest BCUT2D eigenvalue weighted by molar-refractivity contribution is 0.0697. The van der Waals surface area contributed by atoms with E-state index in [4.69, 9.17) is 10.8 Å². The number of carboxylic acids is 1. The highest BCUT2D eigenvalue weighted by Crippen LogP contribution is 2.21. The van der Waals surface area contributed by atoms with Gasteiger partial charge in [-0.2, -0.15) is 0 Å². The fraction of sp³-hybridized carbons (Fsp3) is 0. The minimum absolute atomic E-state index is 0.233. The van der Waals surface area contributed by atoms with Gasteiger partial charge in [0.15, 0.2) is 11.5 Å². The molecule has 94 valence electrons. The summed E-state index contributed by atoms with van der Waals surface area (Å²) in [5.74, 6) is -0.332. The molecule has 6 nitrogen and oxygen atoms in total. The van der Waals surface area contributed by atoms with Gasteiger partial charge in [0.05, 0.1) is 11.3 Å². The molecular weight excluding hydrogens is 244 g/mol. The number of carbonyl (C=O) groups is 1. The van der Waals surface area contributed by atoms with Crippen LogP contribution in [-0.2, 0) is 0 Å². The molecule has 3 N–H and O–H groups in total. The zero-order valence-corrected chi connectivity index (χ0v) is 9.82. The van der Waals surface area contributed by atoms with E-state index in [0.717, 1.165) is 5.56 Å². The lowest BCUT2D eigenvalue weighted by Crippen LogP contribution is -1.96. The average molecular weight is 254 g/mol. The van der Waals surface area contributed by atoms with Crippen molar-refractivity contribution in [3.05, 3.63) is 48.2 Å². The van der Waals surface area contributed by atoms with E-state index in [2.05, 4.69) is 10.2 Å². The standard InChI is InChI=1S/C13H10N4O2/c14-10-2-1-7-17-11(15-16-12(10)17)8-3-5-9(6-4-8)13(18)19/h1-7H,14H2,(H,18,19). The van der Waals surface area contributed by atoms with Gasteiger partial charge < -0.3 is 10.8 Å². The van der Waals surface area contributed by atoms with Crippen LogP contribution in [0.25, 0.3) is 17.0 Å². The summed E-state index contributed by atoms with van der Waals surface area (Å²) in [6.45, 7) is 0. The van der Waals surface area contributed by atoms with Crippen LogP contribution < -0.4 is 5.73 Å². The summed E-state index contributed by atoms with van der Waals surface area (Å²) in [5.41, 5.74) is 7.95. The maximum atomic E-state index is 10.8. The Balaban J connectivity index is 2.14. The van der Waals surface area contributed by atoms with Crippen LogP contribution in [-0.4, -0.2) is 25.7 Å².